The van der Waals surface area contributed by atoms with Gasteiger partial charge in [0.15, 0.2) is 0 Å². The van der Waals surface area contributed by atoms with Crippen LogP contribution in [0, 0.1) is 0 Å². The number of aromatic nitrogens is 4. The number of hydrogen-bond acceptors (Lipinski definition) is 4. The van der Waals surface area contributed by atoms with Gasteiger partial charge in [-0.05, 0) is 42.5 Å². The van der Waals surface area contributed by atoms with Gasteiger partial charge in [0.2, 0.25) is 0 Å². The number of carbonyl (C=O) groups is 1. The fourth-order valence-electron chi connectivity index (χ4n) is 3.40. The molecule has 3 aromatic heterocycles. The van der Waals surface area contributed by atoms with Crippen molar-refractivity contribution in [3.8, 4) is 11.4 Å². The van der Waals surface area contributed by atoms with E-state index in [9.17, 15) is 4.79 Å². The molecule has 5 aromatic rings. The predicted octanol–water partition coefficient (Wildman–Crippen LogP) is 4.03. The molecule has 0 fully saturated rings. The van der Waals surface area contributed by atoms with Crippen molar-refractivity contribution < 1.29 is 9.53 Å². The molecule has 1 N–H and O–H groups in total. The van der Waals surface area contributed by atoms with Crippen LogP contribution in [-0.4, -0.2) is 25.1 Å². The molecule has 0 unspecified atom stereocenters. The highest BCUT2D eigenvalue weighted by Crippen LogP contribution is 2.16. The van der Waals surface area contributed by atoms with Crippen LogP contribution in [0.4, 0.5) is 0 Å². The number of nitrogens with one attached hydrogen (secondary N) is 1. The van der Waals surface area contributed by atoms with E-state index < -0.39 is 0 Å². The Balaban J connectivity index is 1.19. The molecule has 5 rings (SSSR count). The Labute approximate surface area is 184 Å². The number of pyridine rings is 1. The molecule has 7 heteroatoms. The molecule has 0 aliphatic carbocycles. The van der Waals surface area contributed by atoms with Gasteiger partial charge in [0, 0.05) is 36.3 Å². The molecule has 2 aromatic carbocycles. The normalized spacial score (nSPS) is 10.9. The van der Waals surface area contributed by atoms with E-state index in [1.165, 1.54) is 0 Å². The van der Waals surface area contributed by atoms with Gasteiger partial charge < -0.3 is 14.5 Å². The summed E-state index contributed by atoms with van der Waals surface area (Å²) in [4.78, 5) is 17.2. The third-order valence-corrected chi connectivity index (χ3v) is 5.01. The lowest BCUT2D eigenvalue weighted by Gasteiger charge is -2.07. The predicted molar refractivity (Wildman–Crippen MR) is 121 cm³/mol. The Morgan fingerprint density at radius 2 is 1.84 bits per heavy atom. The minimum absolute atomic E-state index is 0.171. The molecule has 0 radical (unpaired) electrons. The van der Waals surface area contributed by atoms with Crippen LogP contribution < -0.4 is 10.1 Å². The van der Waals surface area contributed by atoms with E-state index in [-0.39, 0.29) is 5.91 Å². The molecule has 158 valence electrons. The standard InChI is InChI=1S/C25H21N5O2/c31-25(26-14-19-15-27-30(16-19)22-8-2-1-3-9-22)20-7-6-10-23(13-20)32-18-21-17-29-12-5-4-11-24(29)28-21/h1-13,15-17H,14,18H2,(H,26,31). The molecule has 0 bridgehead atoms. The van der Waals surface area contributed by atoms with Crippen molar-refractivity contribution >= 4 is 11.6 Å². The molecule has 0 saturated carbocycles. The van der Waals surface area contributed by atoms with Gasteiger partial charge in [0.05, 0.1) is 17.6 Å². The van der Waals surface area contributed by atoms with Gasteiger partial charge >= 0.3 is 0 Å². The van der Waals surface area contributed by atoms with Crippen LogP contribution >= 0.6 is 0 Å². The van der Waals surface area contributed by atoms with Crippen LogP contribution in [0.2, 0.25) is 0 Å². The average Bonchev–Trinajstić information content (AvgIpc) is 3.49. The van der Waals surface area contributed by atoms with Crippen molar-refractivity contribution in [2.45, 2.75) is 13.2 Å². The van der Waals surface area contributed by atoms with Crippen molar-refractivity contribution in [3.63, 3.8) is 0 Å². The van der Waals surface area contributed by atoms with E-state index >= 15 is 0 Å². The maximum absolute atomic E-state index is 12.6. The Bertz CT molecular complexity index is 1320. The number of benzene rings is 2. The zero-order valence-electron chi connectivity index (χ0n) is 17.3. The number of nitrogens with zero attached hydrogens (tertiary/aromatic N) is 4. The summed E-state index contributed by atoms with van der Waals surface area (Å²) >= 11 is 0. The van der Waals surface area contributed by atoms with E-state index in [1.54, 1.807) is 29.1 Å². The van der Waals surface area contributed by atoms with Crippen LogP contribution in [0.3, 0.4) is 0 Å². The zero-order chi connectivity index (χ0) is 21.8. The molecule has 0 aliphatic heterocycles. The number of amides is 1. The van der Waals surface area contributed by atoms with E-state index in [4.69, 9.17) is 4.74 Å². The van der Waals surface area contributed by atoms with Crippen LogP contribution in [-0.2, 0) is 13.2 Å². The lowest BCUT2D eigenvalue weighted by atomic mass is 10.2. The molecule has 0 aliphatic rings. The Kier molecular flexibility index (Phi) is 5.36. The summed E-state index contributed by atoms with van der Waals surface area (Å²) in [6.45, 7) is 0.712. The van der Waals surface area contributed by atoms with Crippen LogP contribution in [0.25, 0.3) is 11.3 Å². The summed E-state index contributed by atoms with van der Waals surface area (Å²) in [5.74, 6) is 0.447. The van der Waals surface area contributed by atoms with Gasteiger partial charge in [0.25, 0.3) is 5.91 Å². The van der Waals surface area contributed by atoms with E-state index in [0.29, 0.717) is 24.5 Å². The lowest BCUT2D eigenvalue weighted by Crippen LogP contribution is -2.22. The van der Waals surface area contributed by atoms with Crippen molar-refractivity contribution in [2.24, 2.45) is 0 Å². The first-order chi connectivity index (χ1) is 15.7. The zero-order valence-corrected chi connectivity index (χ0v) is 17.3. The second-order valence-corrected chi connectivity index (χ2v) is 7.33. The van der Waals surface area contributed by atoms with Gasteiger partial charge in [-0.25, -0.2) is 9.67 Å². The summed E-state index contributed by atoms with van der Waals surface area (Å²) in [7, 11) is 0. The molecule has 0 saturated heterocycles. The minimum atomic E-state index is -0.171. The number of carbonyl (C=O) groups excluding carboxylic acids is 1. The van der Waals surface area contributed by atoms with Gasteiger partial charge in [-0.3, -0.25) is 4.79 Å². The Morgan fingerprint density at radius 1 is 0.969 bits per heavy atom. The number of imidazole rings is 1. The molecule has 32 heavy (non-hydrogen) atoms. The fourth-order valence-corrected chi connectivity index (χ4v) is 3.40. The Morgan fingerprint density at radius 3 is 2.72 bits per heavy atom. The highest BCUT2D eigenvalue weighted by molar-refractivity contribution is 5.94. The minimum Gasteiger partial charge on any atom is -0.487 e. The number of hydrogen-bond donors (Lipinski definition) is 1. The van der Waals surface area contributed by atoms with Gasteiger partial charge in [0.1, 0.15) is 18.0 Å². The fraction of sp³-hybridized carbons (Fsp3) is 0.0800. The summed E-state index contributed by atoms with van der Waals surface area (Å²) in [5, 5.41) is 7.29. The van der Waals surface area contributed by atoms with Gasteiger partial charge in [-0.2, -0.15) is 5.10 Å². The van der Waals surface area contributed by atoms with Crippen molar-refractivity contribution in [3.05, 3.63) is 114 Å². The summed E-state index contributed by atoms with van der Waals surface area (Å²) in [6.07, 6.45) is 7.54. The number of fused-ring (bicyclic) bond motifs is 1. The number of para-hydroxylation sites is 1. The smallest absolute Gasteiger partial charge is 0.251 e. The quantitative estimate of drug-likeness (QED) is 0.429. The summed E-state index contributed by atoms with van der Waals surface area (Å²) in [5.41, 5.74) is 4.12. The molecule has 3 heterocycles. The van der Waals surface area contributed by atoms with E-state index in [0.717, 1.165) is 22.6 Å². The second-order valence-electron chi connectivity index (χ2n) is 7.33. The molecule has 0 atom stereocenters. The molecule has 7 nitrogen and oxygen atoms in total. The van der Waals surface area contributed by atoms with Crippen LogP contribution in [0.1, 0.15) is 21.6 Å². The largest absolute Gasteiger partial charge is 0.487 e. The highest BCUT2D eigenvalue weighted by atomic mass is 16.5. The van der Waals surface area contributed by atoms with Gasteiger partial charge in [-0.15, -0.1) is 0 Å². The first-order valence-corrected chi connectivity index (χ1v) is 10.3. The highest BCUT2D eigenvalue weighted by Gasteiger charge is 2.09. The first kappa shape index (κ1) is 19.6. The van der Waals surface area contributed by atoms with Crippen LogP contribution in [0.15, 0.2) is 97.6 Å². The number of ether oxygens (including phenoxy) is 1. The molecule has 0 spiro atoms. The average molecular weight is 423 g/mol. The van der Waals surface area contributed by atoms with Gasteiger partial charge in [-0.1, -0.05) is 30.3 Å². The summed E-state index contributed by atoms with van der Waals surface area (Å²) < 4.78 is 9.59. The van der Waals surface area contributed by atoms with Crippen molar-refractivity contribution in [1.29, 1.82) is 0 Å². The van der Waals surface area contributed by atoms with Crippen molar-refractivity contribution in [2.75, 3.05) is 0 Å². The topological polar surface area (TPSA) is 73.5 Å². The third kappa shape index (κ3) is 4.37. The SMILES string of the molecule is O=C(NCc1cnn(-c2ccccc2)c1)c1cccc(OCc2cn3ccccc3n2)c1. The maximum Gasteiger partial charge on any atom is 0.251 e. The van der Waals surface area contributed by atoms with E-state index in [1.807, 2.05) is 77.6 Å². The monoisotopic (exact) mass is 423 g/mol. The van der Waals surface area contributed by atoms with Crippen molar-refractivity contribution in [1.82, 2.24) is 24.5 Å². The maximum atomic E-state index is 12.6. The first-order valence-electron chi connectivity index (χ1n) is 10.3. The van der Waals surface area contributed by atoms with Crippen LogP contribution in [0.5, 0.6) is 5.75 Å². The second kappa shape index (κ2) is 8.77. The number of rotatable bonds is 7. The summed E-state index contributed by atoms with van der Waals surface area (Å²) in [6, 6.07) is 22.8. The molecular weight excluding hydrogens is 402 g/mol. The lowest BCUT2D eigenvalue weighted by molar-refractivity contribution is 0.0950. The molecular formula is C25H21N5O2. The van der Waals surface area contributed by atoms with E-state index in [2.05, 4.69) is 15.4 Å². The third-order valence-electron chi connectivity index (χ3n) is 5.01. The molecule has 1 amide bonds. The Hall–Kier alpha value is -4.39.